The largest absolute Gasteiger partial charge is 0.371 e. The lowest BCUT2D eigenvalue weighted by Crippen LogP contribution is -2.04. The summed E-state index contributed by atoms with van der Waals surface area (Å²) in [5, 5.41) is 14.5. The van der Waals surface area contributed by atoms with Crippen molar-refractivity contribution in [1.29, 1.82) is 5.26 Å². The molecular formula is C13H9ClF2N4. The van der Waals surface area contributed by atoms with Crippen molar-refractivity contribution in [2.75, 3.05) is 17.7 Å². The number of nitriles is 1. The number of rotatable bonds is 3. The molecule has 0 atom stereocenters. The lowest BCUT2D eigenvalue weighted by Gasteiger charge is -2.10. The third kappa shape index (κ3) is 2.78. The number of hydrogen-bond donors (Lipinski definition) is 2. The summed E-state index contributed by atoms with van der Waals surface area (Å²) in [6, 6.07) is 7.14. The molecule has 0 aliphatic heterocycles. The van der Waals surface area contributed by atoms with E-state index in [1.165, 1.54) is 19.2 Å². The van der Waals surface area contributed by atoms with Gasteiger partial charge in [0.25, 0.3) is 0 Å². The second kappa shape index (κ2) is 5.72. The van der Waals surface area contributed by atoms with Gasteiger partial charge in [-0.3, -0.25) is 0 Å². The van der Waals surface area contributed by atoms with Gasteiger partial charge in [-0.25, -0.2) is 13.8 Å². The van der Waals surface area contributed by atoms with Crippen LogP contribution in [-0.4, -0.2) is 12.0 Å². The molecule has 102 valence electrons. The van der Waals surface area contributed by atoms with Gasteiger partial charge in [0.2, 0.25) is 0 Å². The van der Waals surface area contributed by atoms with Crippen LogP contribution >= 0.6 is 11.6 Å². The Kier molecular flexibility index (Phi) is 4.01. The molecule has 0 saturated heterocycles. The monoisotopic (exact) mass is 294 g/mol. The number of benzene rings is 1. The average molecular weight is 295 g/mol. The van der Waals surface area contributed by atoms with Gasteiger partial charge < -0.3 is 10.6 Å². The highest BCUT2D eigenvalue weighted by atomic mass is 35.5. The maximum absolute atomic E-state index is 13.7. The molecule has 0 fully saturated rings. The molecule has 0 radical (unpaired) electrons. The van der Waals surface area contributed by atoms with E-state index in [9.17, 15) is 8.78 Å². The quantitative estimate of drug-likeness (QED) is 0.907. The van der Waals surface area contributed by atoms with Gasteiger partial charge in [0.15, 0.2) is 23.3 Å². The van der Waals surface area contributed by atoms with Gasteiger partial charge >= 0.3 is 0 Å². The highest BCUT2D eigenvalue weighted by Gasteiger charge is 2.13. The van der Waals surface area contributed by atoms with E-state index < -0.39 is 11.6 Å². The minimum absolute atomic E-state index is 0.102. The zero-order chi connectivity index (χ0) is 14.7. The molecule has 0 saturated carbocycles. The van der Waals surface area contributed by atoms with Gasteiger partial charge in [-0.05, 0) is 18.2 Å². The highest BCUT2D eigenvalue weighted by Crippen LogP contribution is 2.26. The second-order valence-electron chi connectivity index (χ2n) is 3.83. The predicted molar refractivity (Wildman–Crippen MR) is 73.1 cm³/mol. The molecule has 0 amide bonds. The first kappa shape index (κ1) is 14.0. The number of anilines is 3. The van der Waals surface area contributed by atoms with Crippen LogP contribution in [0, 0.1) is 23.0 Å². The Bertz CT molecular complexity index is 698. The highest BCUT2D eigenvalue weighted by molar-refractivity contribution is 6.30. The molecule has 2 rings (SSSR count). The molecule has 1 aromatic carbocycles. The van der Waals surface area contributed by atoms with Crippen molar-refractivity contribution in [3.05, 3.63) is 46.5 Å². The Morgan fingerprint density at radius 3 is 2.55 bits per heavy atom. The summed E-state index contributed by atoms with van der Waals surface area (Å²) in [4.78, 5) is 3.77. The summed E-state index contributed by atoms with van der Waals surface area (Å²) < 4.78 is 27.0. The third-order valence-corrected chi connectivity index (χ3v) is 2.76. The zero-order valence-corrected chi connectivity index (χ0v) is 11.1. The van der Waals surface area contributed by atoms with E-state index in [2.05, 4.69) is 15.6 Å². The molecule has 1 aromatic heterocycles. The number of pyridine rings is 1. The molecule has 7 heteroatoms. The number of aromatic nitrogens is 1. The summed E-state index contributed by atoms with van der Waals surface area (Å²) >= 11 is 5.83. The van der Waals surface area contributed by atoms with E-state index >= 15 is 0 Å². The molecule has 0 aliphatic carbocycles. The van der Waals surface area contributed by atoms with E-state index in [4.69, 9.17) is 16.9 Å². The van der Waals surface area contributed by atoms with Crippen molar-refractivity contribution in [2.45, 2.75) is 0 Å². The molecule has 0 spiro atoms. The third-order valence-electron chi connectivity index (χ3n) is 2.52. The molecule has 1 heterocycles. The van der Waals surface area contributed by atoms with E-state index in [1.54, 1.807) is 6.07 Å². The first-order chi connectivity index (χ1) is 9.55. The normalized spacial score (nSPS) is 9.95. The summed E-state index contributed by atoms with van der Waals surface area (Å²) in [6.45, 7) is 0. The molecule has 0 unspecified atom stereocenters. The molecule has 0 aliphatic rings. The van der Waals surface area contributed by atoms with Crippen LogP contribution in [-0.2, 0) is 0 Å². The molecule has 20 heavy (non-hydrogen) atoms. The fraction of sp³-hybridized carbons (Fsp3) is 0.0769. The summed E-state index contributed by atoms with van der Waals surface area (Å²) in [6.07, 6.45) is 0. The van der Waals surface area contributed by atoms with Crippen molar-refractivity contribution in [2.24, 2.45) is 0 Å². The summed E-state index contributed by atoms with van der Waals surface area (Å²) in [7, 11) is 1.47. The lowest BCUT2D eigenvalue weighted by atomic mass is 10.2. The Morgan fingerprint density at radius 2 is 1.90 bits per heavy atom. The van der Waals surface area contributed by atoms with Gasteiger partial charge in [0.05, 0.1) is 11.3 Å². The van der Waals surface area contributed by atoms with E-state index in [1.807, 2.05) is 6.07 Å². The van der Waals surface area contributed by atoms with Gasteiger partial charge in [0.1, 0.15) is 6.07 Å². The number of hydrogen-bond acceptors (Lipinski definition) is 4. The lowest BCUT2D eigenvalue weighted by molar-refractivity contribution is 0.580. The van der Waals surface area contributed by atoms with E-state index in [-0.39, 0.29) is 17.2 Å². The second-order valence-corrected chi connectivity index (χ2v) is 4.26. The van der Waals surface area contributed by atoms with Crippen LogP contribution in [0.25, 0.3) is 0 Å². The van der Waals surface area contributed by atoms with Crippen LogP contribution in [0.4, 0.5) is 26.1 Å². The summed E-state index contributed by atoms with van der Waals surface area (Å²) in [5.74, 6) is -1.98. The van der Waals surface area contributed by atoms with Gasteiger partial charge in [-0.2, -0.15) is 5.26 Å². The topological polar surface area (TPSA) is 60.7 Å². The SMILES string of the molecule is CNc1nc(Nc2cc(Cl)ccc2C#N)c(F)cc1F. The minimum Gasteiger partial charge on any atom is -0.371 e. The fourth-order valence-corrected chi connectivity index (χ4v) is 1.75. The standard InChI is InChI=1S/C13H9ClF2N4/c1-18-12-9(15)5-10(16)13(20-12)19-11-4-8(14)3-2-7(11)6-17/h2-5H,1H3,(H2,18,19,20). The van der Waals surface area contributed by atoms with E-state index in [0.717, 1.165) is 0 Å². The molecule has 2 N–H and O–H groups in total. The van der Waals surface area contributed by atoms with Crippen LogP contribution < -0.4 is 10.6 Å². The van der Waals surface area contributed by atoms with Crippen LogP contribution in [0.15, 0.2) is 24.3 Å². The number of nitrogens with zero attached hydrogens (tertiary/aromatic N) is 2. The summed E-state index contributed by atoms with van der Waals surface area (Å²) in [5.41, 5.74) is 0.561. The smallest absolute Gasteiger partial charge is 0.169 e. The molecule has 4 nitrogen and oxygen atoms in total. The van der Waals surface area contributed by atoms with Crippen LogP contribution in [0.5, 0.6) is 0 Å². The van der Waals surface area contributed by atoms with Crippen molar-refractivity contribution in [3.63, 3.8) is 0 Å². The molecule has 0 bridgehead atoms. The van der Waals surface area contributed by atoms with E-state index in [0.29, 0.717) is 16.8 Å². The first-order valence-electron chi connectivity index (χ1n) is 5.55. The molecular weight excluding hydrogens is 286 g/mol. The van der Waals surface area contributed by atoms with Crippen molar-refractivity contribution < 1.29 is 8.78 Å². The van der Waals surface area contributed by atoms with Crippen molar-refractivity contribution in [3.8, 4) is 6.07 Å². The van der Waals surface area contributed by atoms with Crippen LogP contribution in [0.2, 0.25) is 5.02 Å². The Morgan fingerprint density at radius 1 is 1.20 bits per heavy atom. The average Bonchev–Trinajstić information content (AvgIpc) is 2.42. The van der Waals surface area contributed by atoms with Gasteiger partial charge in [-0.1, -0.05) is 11.6 Å². The maximum Gasteiger partial charge on any atom is 0.169 e. The Labute approximate surface area is 119 Å². The van der Waals surface area contributed by atoms with Crippen molar-refractivity contribution >= 4 is 28.9 Å². The first-order valence-corrected chi connectivity index (χ1v) is 5.93. The maximum atomic E-state index is 13.7. The van der Waals surface area contributed by atoms with Crippen LogP contribution in [0.1, 0.15) is 5.56 Å². The van der Waals surface area contributed by atoms with Crippen LogP contribution in [0.3, 0.4) is 0 Å². The molecule has 2 aromatic rings. The van der Waals surface area contributed by atoms with Gasteiger partial charge in [-0.15, -0.1) is 0 Å². The van der Waals surface area contributed by atoms with Crippen molar-refractivity contribution in [1.82, 2.24) is 4.98 Å². The Balaban J connectivity index is 2.45. The van der Waals surface area contributed by atoms with Gasteiger partial charge in [0, 0.05) is 18.1 Å². The Hall–Kier alpha value is -2.39. The zero-order valence-electron chi connectivity index (χ0n) is 10.3. The number of halogens is 3. The predicted octanol–water partition coefficient (Wildman–Crippen LogP) is 3.67. The fourth-order valence-electron chi connectivity index (χ4n) is 1.57. The minimum atomic E-state index is -0.870. The number of nitrogens with one attached hydrogen (secondary N) is 2.